The molecule has 0 radical (unpaired) electrons. The van der Waals surface area contributed by atoms with Crippen LogP contribution in [0.15, 0.2) is 18.2 Å². The fourth-order valence-electron chi connectivity index (χ4n) is 2.78. The first kappa shape index (κ1) is 18.4. The zero-order chi connectivity index (χ0) is 17.7. The molecule has 0 unspecified atom stereocenters. The molecule has 0 aromatic heterocycles. The van der Waals surface area contributed by atoms with Crippen molar-refractivity contribution in [1.82, 2.24) is 4.90 Å². The highest BCUT2D eigenvalue weighted by molar-refractivity contribution is 7.92. The molecule has 134 valence electrons. The van der Waals surface area contributed by atoms with E-state index in [4.69, 9.17) is 9.47 Å². The molecule has 8 heteroatoms. The van der Waals surface area contributed by atoms with E-state index >= 15 is 0 Å². The van der Waals surface area contributed by atoms with Crippen molar-refractivity contribution in [3.05, 3.63) is 18.2 Å². The minimum Gasteiger partial charge on any atom is -0.497 e. The van der Waals surface area contributed by atoms with Crippen molar-refractivity contribution >= 4 is 21.6 Å². The molecule has 0 spiro atoms. The van der Waals surface area contributed by atoms with Crippen molar-refractivity contribution in [2.75, 3.05) is 44.4 Å². The number of sulfonamides is 1. The fourth-order valence-corrected chi connectivity index (χ4v) is 3.70. The minimum absolute atomic E-state index is 0.0250. The van der Waals surface area contributed by atoms with E-state index in [1.54, 1.807) is 23.1 Å². The van der Waals surface area contributed by atoms with Gasteiger partial charge in [-0.15, -0.1) is 0 Å². The van der Waals surface area contributed by atoms with E-state index in [2.05, 4.69) is 0 Å². The van der Waals surface area contributed by atoms with Crippen molar-refractivity contribution in [3.63, 3.8) is 0 Å². The van der Waals surface area contributed by atoms with Gasteiger partial charge in [-0.3, -0.25) is 9.10 Å². The Hall–Kier alpha value is -1.96. The number of hydrogen-bond donors (Lipinski definition) is 0. The normalized spacial score (nSPS) is 14.5. The molecule has 0 aliphatic carbocycles. The molecule has 7 nitrogen and oxygen atoms in total. The van der Waals surface area contributed by atoms with E-state index in [1.807, 2.05) is 0 Å². The molecule has 1 saturated heterocycles. The van der Waals surface area contributed by atoms with Gasteiger partial charge in [-0.1, -0.05) is 0 Å². The van der Waals surface area contributed by atoms with E-state index in [9.17, 15) is 13.2 Å². The quantitative estimate of drug-likeness (QED) is 0.740. The van der Waals surface area contributed by atoms with Crippen molar-refractivity contribution in [2.45, 2.75) is 19.3 Å². The maximum absolute atomic E-state index is 12.2. The summed E-state index contributed by atoms with van der Waals surface area (Å²) in [5.74, 6) is 0.906. The molecular weight excluding hydrogens is 332 g/mol. The third kappa shape index (κ3) is 4.31. The highest BCUT2D eigenvalue weighted by atomic mass is 32.2. The number of carbonyl (C=O) groups is 1. The number of nitrogens with zero attached hydrogens (tertiary/aromatic N) is 2. The lowest BCUT2D eigenvalue weighted by Gasteiger charge is -2.25. The molecular formula is C16H24N2O5S. The molecule has 2 rings (SSSR count). The summed E-state index contributed by atoms with van der Waals surface area (Å²) in [4.78, 5) is 14.0. The van der Waals surface area contributed by atoms with Gasteiger partial charge in [0, 0.05) is 32.1 Å². The molecule has 1 aliphatic heterocycles. The van der Waals surface area contributed by atoms with Crippen LogP contribution in [0.3, 0.4) is 0 Å². The first-order valence-electron chi connectivity index (χ1n) is 7.84. The molecule has 0 bridgehead atoms. The Morgan fingerprint density at radius 1 is 1.21 bits per heavy atom. The van der Waals surface area contributed by atoms with E-state index in [0.29, 0.717) is 17.2 Å². The number of anilines is 1. The number of rotatable bonds is 7. The van der Waals surface area contributed by atoms with Gasteiger partial charge >= 0.3 is 0 Å². The summed E-state index contributed by atoms with van der Waals surface area (Å²) >= 11 is 0. The summed E-state index contributed by atoms with van der Waals surface area (Å²) in [5.41, 5.74) is 0.369. The Morgan fingerprint density at radius 3 is 2.42 bits per heavy atom. The molecule has 0 N–H and O–H groups in total. The van der Waals surface area contributed by atoms with Crippen LogP contribution in [0.1, 0.15) is 19.3 Å². The molecule has 24 heavy (non-hydrogen) atoms. The van der Waals surface area contributed by atoms with Crippen LogP contribution in [-0.4, -0.2) is 59.3 Å². The van der Waals surface area contributed by atoms with Gasteiger partial charge in [0.05, 0.1) is 26.2 Å². The van der Waals surface area contributed by atoms with Crippen LogP contribution >= 0.6 is 0 Å². The molecule has 1 amide bonds. The zero-order valence-corrected chi connectivity index (χ0v) is 15.1. The van der Waals surface area contributed by atoms with Gasteiger partial charge in [0.1, 0.15) is 11.5 Å². The van der Waals surface area contributed by atoms with Crippen LogP contribution in [0.25, 0.3) is 0 Å². The monoisotopic (exact) mass is 356 g/mol. The van der Waals surface area contributed by atoms with Crippen molar-refractivity contribution in [1.29, 1.82) is 0 Å². The number of hydrogen-bond acceptors (Lipinski definition) is 5. The molecule has 1 heterocycles. The number of likely N-dealkylation sites (tertiary alicyclic amines) is 1. The Morgan fingerprint density at radius 2 is 1.88 bits per heavy atom. The van der Waals surface area contributed by atoms with Crippen molar-refractivity contribution < 1.29 is 22.7 Å². The predicted molar refractivity (Wildman–Crippen MR) is 92.2 cm³/mol. The lowest BCUT2D eigenvalue weighted by Crippen LogP contribution is -2.36. The zero-order valence-electron chi connectivity index (χ0n) is 14.3. The maximum Gasteiger partial charge on any atom is 0.232 e. The first-order chi connectivity index (χ1) is 11.4. The van der Waals surface area contributed by atoms with Gasteiger partial charge in [0.25, 0.3) is 0 Å². The standard InChI is InChI=1S/C16H24N2O5S/c1-22-13-6-7-15(23-2)14(12-13)18(24(3,20)21)11-8-16(19)17-9-4-5-10-17/h6-7,12H,4-5,8-11H2,1-3H3. The van der Waals surface area contributed by atoms with Gasteiger partial charge in [0.15, 0.2) is 0 Å². The minimum atomic E-state index is -3.57. The van der Waals surface area contributed by atoms with E-state index < -0.39 is 10.0 Å². The number of benzene rings is 1. The third-order valence-corrected chi connectivity index (χ3v) is 5.22. The van der Waals surface area contributed by atoms with Crippen LogP contribution in [0, 0.1) is 0 Å². The summed E-state index contributed by atoms with van der Waals surface area (Å²) in [6.07, 6.45) is 3.26. The highest BCUT2D eigenvalue weighted by Gasteiger charge is 2.25. The molecule has 1 fully saturated rings. The maximum atomic E-state index is 12.2. The molecule has 0 atom stereocenters. The Labute approximate surface area is 143 Å². The van der Waals surface area contributed by atoms with Crippen LogP contribution in [-0.2, 0) is 14.8 Å². The molecule has 1 aromatic carbocycles. The summed E-state index contributed by atoms with van der Waals surface area (Å²) in [6, 6.07) is 4.94. The summed E-state index contributed by atoms with van der Waals surface area (Å²) < 4.78 is 36.1. The van der Waals surface area contributed by atoms with E-state index in [1.165, 1.54) is 18.5 Å². The molecule has 1 aliphatic rings. The lowest BCUT2D eigenvalue weighted by atomic mass is 10.2. The molecule has 1 aromatic rings. The third-order valence-electron chi connectivity index (χ3n) is 4.04. The van der Waals surface area contributed by atoms with Crippen LogP contribution in [0.2, 0.25) is 0 Å². The highest BCUT2D eigenvalue weighted by Crippen LogP contribution is 2.33. The topological polar surface area (TPSA) is 76.2 Å². The van der Waals surface area contributed by atoms with Crippen LogP contribution in [0.4, 0.5) is 5.69 Å². The number of amides is 1. The fraction of sp³-hybridized carbons (Fsp3) is 0.562. The molecule has 0 saturated carbocycles. The number of ether oxygens (including phenoxy) is 2. The van der Waals surface area contributed by atoms with E-state index in [0.717, 1.165) is 32.2 Å². The summed E-state index contributed by atoms with van der Waals surface area (Å²) in [5, 5.41) is 0. The lowest BCUT2D eigenvalue weighted by molar-refractivity contribution is -0.129. The van der Waals surface area contributed by atoms with Gasteiger partial charge in [-0.25, -0.2) is 8.42 Å². The number of carbonyl (C=O) groups excluding carboxylic acids is 1. The number of methoxy groups -OCH3 is 2. The smallest absolute Gasteiger partial charge is 0.232 e. The van der Waals surface area contributed by atoms with Crippen LogP contribution in [0.5, 0.6) is 11.5 Å². The Kier molecular flexibility index (Phi) is 5.93. The largest absolute Gasteiger partial charge is 0.497 e. The Bertz CT molecular complexity index is 684. The van der Waals surface area contributed by atoms with Crippen LogP contribution < -0.4 is 13.8 Å². The average Bonchev–Trinajstić information content (AvgIpc) is 3.08. The second-order valence-corrected chi connectivity index (χ2v) is 7.62. The van der Waals surface area contributed by atoms with Gasteiger partial charge in [-0.05, 0) is 25.0 Å². The SMILES string of the molecule is COc1ccc(OC)c(N(CCC(=O)N2CCCC2)S(C)(=O)=O)c1. The summed E-state index contributed by atoms with van der Waals surface area (Å²) in [7, 11) is -0.587. The predicted octanol–water partition coefficient (Wildman–Crippen LogP) is 1.48. The van der Waals surface area contributed by atoms with Crippen molar-refractivity contribution in [3.8, 4) is 11.5 Å². The van der Waals surface area contributed by atoms with Crippen molar-refractivity contribution in [2.24, 2.45) is 0 Å². The summed E-state index contributed by atoms with van der Waals surface area (Å²) in [6.45, 7) is 1.57. The Balaban J connectivity index is 2.24. The van der Waals surface area contributed by atoms with Gasteiger partial charge in [-0.2, -0.15) is 0 Å². The second kappa shape index (κ2) is 7.74. The van der Waals surface area contributed by atoms with Gasteiger partial charge < -0.3 is 14.4 Å². The average molecular weight is 356 g/mol. The van der Waals surface area contributed by atoms with E-state index in [-0.39, 0.29) is 18.9 Å². The first-order valence-corrected chi connectivity index (χ1v) is 9.69. The van der Waals surface area contributed by atoms with Gasteiger partial charge in [0.2, 0.25) is 15.9 Å². The second-order valence-electron chi connectivity index (χ2n) is 5.71.